The van der Waals surface area contributed by atoms with Crippen molar-refractivity contribution in [3.05, 3.63) is 107 Å². The van der Waals surface area contributed by atoms with Crippen molar-refractivity contribution in [2.75, 3.05) is 41.8 Å². The zero-order chi connectivity index (χ0) is 29.9. The third kappa shape index (κ3) is 6.07. The number of morpholine rings is 1. The normalized spacial score (nSPS) is 13.2. The molecular formula is C33H28BrN7O2S. The number of rotatable bonds is 8. The monoisotopic (exact) mass is 665 g/mol. The first-order chi connectivity index (χ1) is 21.6. The minimum Gasteiger partial charge on any atom is -0.378 e. The van der Waals surface area contributed by atoms with Gasteiger partial charge in [0.25, 0.3) is 0 Å². The van der Waals surface area contributed by atoms with Crippen LogP contribution in [0, 0.1) is 0 Å². The Balaban J connectivity index is 1.14. The summed E-state index contributed by atoms with van der Waals surface area (Å²) in [6.07, 6.45) is 4.01. The Morgan fingerprint density at radius 3 is 2.64 bits per heavy atom. The highest BCUT2D eigenvalue weighted by molar-refractivity contribution is 9.10. The third-order valence-corrected chi connectivity index (χ3v) is 8.92. The van der Waals surface area contributed by atoms with E-state index in [2.05, 4.69) is 48.6 Å². The molecule has 3 aromatic heterocycles. The molecule has 1 fully saturated rings. The predicted molar refractivity (Wildman–Crippen MR) is 179 cm³/mol. The van der Waals surface area contributed by atoms with E-state index < -0.39 is 0 Å². The summed E-state index contributed by atoms with van der Waals surface area (Å²) < 4.78 is 8.43. The number of halogens is 1. The molecule has 1 aliphatic heterocycles. The SMILES string of the molecule is O=C(Cc1ccccc1Br)Nc1cccc(-c2nc3sccn3c2-c2ccnc(Nc3ccc(N4CCOCC4)cc3)n2)c1. The largest absolute Gasteiger partial charge is 0.378 e. The van der Waals surface area contributed by atoms with Crippen LogP contribution >= 0.6 is 27.3 Å². The van der Waals surface area contributed by atoms with Crippen LogP contribution in [0.25, 0.3) is 27.6 Å². The molecule has 44 heavy (non-hydrogen) atoms. The first-order valence-electron chi connectivity index (χ1n) is 14.2. The molecule has 0 spiro atoms. The summed E-state index contributed by atoms with van der Waals surface area (Å²) in [4.78, 5) is 30.4. The van der Waals surface area contributed by atoms with Gasteiger partial charge in [-0.05, 0) is 54.1 Å². The summed E-state index contributed by atoms with van der Waals surface area (Å²) in [6.45, 7) is 3.28. The maximum atomic E-state index is 12.9. The summed E-state index contributed by atoms with van der Waals surface area (Å²) in [5, 5.41) is 8.39. The fourth-order valence-electron chi connectivity index (χ4n) is 5.25. The van der Waals surface area contributed by atoms with Crippen LogP contribution in [0.5, 0.6) is 0 Å². The van der Waals surface area contributed by atoms with Crippen LogP contribution in [0.3, 0.4) is 0 Å². The van der Waals surface area contributed by atoms with Gasteiger partial charge in [0, 0.05) is 58.0 Å². The van der Waals surface area contributed by atoms with Crippen molar-refractivity contribution in [2.45, 2.75) is 6.42 Å². The lowest BCUT2D eigenvalue weighted by atomic mass is 10.1. The van der Waals surface area contributed by atoms with Gasteiger partial charge in [-0.15, -0.1) is 11.3 Å². The molecule has 0 atom stereocenters. The fourth-order valence-corrected chi connectivity index (χ4v) is 6.39. The Labute approximate surface area is 266 Å². The standard InChI is InChI=1S/C33H28BrN7O2S/c34-27-7-2-1-4-22(27)21-29(42)36-25-6-3-5-23(20-25)30-31(41-16-19-44-33(41)39-30)28-12-13-35-32(38-28)37-24-8-10-26(11-9-24)40-14-17-43-18-15-40/h1-13,16,19-20H,14-15,17-18,21H2,(H,36,42)(H,35,37,38). The molecule has 1 saturated heterocycles. The third-order valence-electron chi connectivity index (χ3n) is 7.39. The molecule has 3 aromatic carbocycles. The van der Waals surface area contributed by atoms with Gasteiger partial charge < -0.3 is 20.3 Å². The number of aromatic nitrogens is 4. The number of ether oxygens (including phenoxy) is 1. The molecule has 220 valence electrons. The van der Waals surface area contributed by atoms with Gasteiger partial charge in [-0.3, -0.25) is 9.20 Å². The number of carbonyl (C=O) groups is 1. The average Bonchev–Trinajstić information content (AvgIpc) is 3.65. The lowest BCUT2D eigenvalue weighted by Gasteiger charge is -2.28. The highest BCUT2D eigenvalue weighted by atomic mass is 79.9. The number of benzene rings is 3. The van der Waals surface area contributed by atoms with Crippen LogP contribution in [-0.2, 0) is 16.0 Å². The van der Waals surface area contributed by atoms with Crippen molar-refractivity contribution < 1.29 is 9.53 Å². The lowest BCUT2D eigenvalue weighted by molar-refractivity contribution is -0.115. The first-order valence-corrected chi connectivity index (χ1v) is 15.9. The topological polar surface area (TPSA) is 96.7 Å². The predicted octanol–water partition coefficient (Wildman–Crippen LogP) is 7.04. The number of nitrogens with zero attached hydrogens (tertiary/aromatic N) is 5. The van der Waals surface area contributed by atoms with E-state index >= 15 is 0 Å². The molecule has 4 heterocycles. The molecule has 1 aliphatic rings. The van der Waals surface area contributed by atoms with Crippen molar-refractivity contribution in [2.24, 2.45) is 0 Å². The summed E-state index contributed by atoms with van der Waals surface area (Å²) >= 11 is 5.08. The summed E-state index contributed by atoms with van der Waals surface area (Å²) in [6, 6.07) is 25.7. The molecule has 0 aliphatic carbocycles. The Morgan fingerprint density at radius 1 is 0.955 bits per heavy atom. The number of carbonyl (C=O) groups excluding carboxylic acids is 1. The minimum atomic E-state index is -0.0930. The molecule has 0 radical (unpaired) electrons. The maximum absolute atomic E-state index is 12.9. The summed E-state index contributed by atoms with van der Waals surface area (Å²) in [5.41, 5.74) is 6.94. The Bertz CT molecular complexity index is 1930. The van der Waals surface area contributed by atoms with Crippen LogP contribution in [0.15, 0.2) is 101 Å². The van der Waals surface area contributed by atoms with Crippen LogP contribution < -0.4 is 15.5 Å². The van der Waals surface area contributed by atoms with E-state index in [0.717, 1.165) is 69.6 Å². The number of nitrogens with one attached hydrogen (secondary N) is 2. The van der Waals surface area contributed by atoms with Gasteiger partial charge in [-0.25, -0.2) is 15.0 Å². The second-order valence-electron chi connectivity index (χ2n) is 10.3. The molecule has 1 amide bonds. The van der Waals surface area contributed by atoms with E-state index in [4.69, 9.17) is 14.7 Å². The molecule has 7 rings (SSSR count). The van der Waals surface area contributed by atoms with Crippen LogP contribution in [-0.4, -0.2) is 51.6 Å². The van der Waals surface area contributed by atoms with Crippen molar-refractivity contribution >= 4 is 61.1 Å². The number of amides is 1. The Hall–Kier alpha value is -4.58. The van der Waals surface area contributed by atoms with E-state index in [1.165, 1.54) is 5.69 Å². The first kappa shape index (κ1) is 28.2. The van der Waals surface area contributed by atoms with Gasteiger partial charge >= 0.3 is 0 Å². The fraction of sp³-hybridized carbons (Fsp3) is 0.152. The zero-order valence-electron chi connectivity index (χ0n) is 23.6. The molecule has 6 aromatic rings. The average molecular weight is 667 g/mol. The number of imidazole rings is 1. The zero-order valence-corrected chi connectivity index (χ0v) is 26.0. The lowest BCUT2D eigenvalue weighted by Crippen LogP contribution is -2.36. The van der Waals surface area contributed by atoms with Gasteiger partial charge in [-0.2, -0.15) is 0 Å². The number of anilines is 4. The van der Waals surface area contributed by atoms with Crippen molar-refractivity contribution in [1.29, 1.82) is 0 Å². The van der Waals surface area contributed by atoms with E-state index in [-0.39, 0.29) is 12.3 Å². The molecular weight excluding hydrogens is 638 g/mol. The van der Waals surface area contributed by atoms with E-state index in [0.29, 0.717) is 11.6 Å². The molecule has 0 unspecified atom stereocenters. The second-order valence-corrected chi connectivity index (χ2v) is 12.0. The van der Waals surface area contributed by atoms with Crippen molar-refractivity contribution in [1.82, 2.24) is 19.4 Å². The number of fused-ring (bicyclic) bond motifs is 1. The Morgan fingerprint density at radius 2 is 1.80 bits per heavy atom. The number of hydrogen-bond donors (Lipinski definition) is 2. The molecule has 0 saturated carbocycles. The number of thiazole rings is 1. The van der Waals surface area contributed by atoms with Crippen molar-refractivity contribution in [3.8, 4) is 22.6 Å². The van der Waals surface area contributed by atoms with Gasteiger partial charge in [0.15, 0.2) is 4.96 Å². The summed E-state index contributed by atoms with van der Waals surface area (Å²) in [7, 11) is 0. The van der Waals surface area contributed by atoms with Crippen LogP contribution in [0.2, 0.25) is 0 Å². The van der Waals surface area contributed by atoms with E-state index in [1.54, 1.807) is 17.5 Å². The maximum Gasteiger partial charge on any atom is 0.228 e. The van der Waals surface area contributed by atoms with Gasteiger partial charge in [0.05, 0.1) is 31.0 Å². The summed E-state index contributed by atoms with van der Waals surface area (Å²) in [5.74, 6) is 0.399. The molecule has 9 nitrogen and oxygen atoms in total. The Kier molecular flexibility index (Phi) is 8.06. The minimum absolute atomic E-state index is 0.0930. The van der Waals surface area contributed by atoms with E-state index in [9.17, 15) is 4.79 Å². The molecule has 0 bridgehead atoms. The van der Waals surface area contributed by atoms with Gasteiger partial charge in [0.1, 0.15) is 5.69 Å². The van der Waals surface area contributed by atoms with E-state index in [1.807, 2.05) is 82.7 Å². The molecule has 11 heteroatoms. The van der Waals surface area contributed by atoms with Gasteiger partial charge in [-0.1, -0.05) is 46.3 Å². The van der Waals surface area contributed by atoms with Crippen molar-refractivity contribution in [3.63, 3.8) is 0 Å². The second kappa shape index (κ2) is 12.6. The van der Waals surface area contributed by atoms with Gasteiger partial charge in [0.2, 0.25) is 11.9 Å². The highest BCUT2D eigenvalue weighted by Crippen LogP contribution is 2.35. The smallest absolute Gasteiger partial charge is 0.228 e. The highest BCUT2D eigenvalue weighted by Gasteiger charge is 2.19. The van der Waals surface area contributed by atoms with Crippen LogP contribution in [0.4, 0.5) is 23.0 Å². The van der Waals surface area contributed by atoms with Crippen LogP contribution in [0.1, 0.15) is 5.56 Å². The quantitative estimate of drug-likeness (QED) is 0.180. The molecule has 2 N–H and O–H groups in total. The number of hydrogen-bond acceptors (Lipinski definition) is 8.